The number of hydrogen-bond donors (Lipinski definition) is 3. The number of aromatic amines is 1. The van der Waals surface area contributed by atoms with E-state index in [-0.39, 0.29) is 11.1 Å². The Morgan fingerprint density at radius 1 is 1.42 bits per heavy atom. The Morgan fingerprint density at radius 2 is 2.21 bits per heavy atom. The lowest BCUT2D eigenvalue weighted by Crippen LogP contribution is -2.31. The summed E-state index contributed by atoms with van der Waals surface area (Å²) < 4.78 is 7.06. The predicted octanol–water partition coefficient (Wildman–Crippen LogP) is -0.851. The Balaban J connectivity index is 2.06. The molecule has 8 nitrogen and oxygen atoms in total. The molecule has 3 rings (SSSR count). The highest BCUT2D eigenvalue weighted by atomic mass is 16.6. The molecule has 0 spiro atoms. The van der Waals surface area contributed by atoms with Gasteiger partial charge in [0.05, 0.1) is 18.8 Å². The molecule has 0 saturated carbocycles. The molecular formula is C11H14N4O4. The number of imidazole rings is 1. The van der Waals surface area contributed by atoms with Crippen molar-refractivity contribution in [2.45, 2.75) is 37.9 Å². The maximum atomic E-state index is 11.5. The summed E-state index contributed by atoms with van der Waals surface area (Å²) in [6.45, 7) is 1.86. The van der Waals surface area contributed by atoms with Crippen molar-refractivity contribution in [3.05, 3.63) is 23.0 Å². The number of nitrogens with zero attached hydrogens (tertiary/aromatic N) is 3. The first-order valence-electron chi connectivity index (χ1n) is 6.05. The van der Waals surface area contributed by atoms with E-state index in [9.17, 15) is 15.0 Å². The molecule has 1 fully saturated rings. The molecule has 0 radical (unpaired) electrons. The lowest BCUT2D eigenvalue weighted by Gasteiger charge is -2.16. The van der Waals surface area contributed by atoms with E-state index in [0.717, 1.165) is 0 Å². The molecule has 0 amide bonds. The number of nitrogens with one attached hydrogen (secondary N) is 1. The maximum Gasteiger partial charge on any atom is 0.278 e. The van der Waals surface area contributed by atoms with E-state index in [1.54, 1.807) is 0 Å². The smallest absolute Gasteiger partial charge is 0.278 e. The van der Waals surface area contributed by atoms with Gasteiger partial charge in [-0.15, -0.1) is 0 Å². The van der Waals surface area contributed by atoms with Crippen LogP contribution in [0.25, 0.3) is 11.2 Å². The Kier molecular flexibility index (Phi) is 2.85. The Labute approximate surface area is 107 Å². The second-order valence-corrected chi connectivity index (χ2v) is 4.51. The maximum absolute atomic E-state index is 11.5. The van der Waals surface area contributed by atoms with Crippen LogP contribution < -0.4 is 5.56 Å². The van der Waals surface area contributed by atoms with Crippen molar-refractivity contribution in [2.75, 3.05) is 0 Å². The Bertz CT molecular complexity index is 651. The van der Waals surface area contributed by atoms with Crippen LogP contribution in [0.1, 0.15) is 19.6 Å². The van der Waals surface area contributed by atoms with E-state index in [1.807, 2.05) is 6.92 Å². The SMILES string of the molecule is CC[C@H]1O[C@@H](n2cnc3c(=O)[nH]cnc32)[C@@H](O)C1O. The molecule has 8 heteroatoms. The summed E-state index contributed by atoms with van der Waals surface area (Å²) >= 11 is 0. The van der Waals surface area contributed by atoms with Crippen molar-refractivity contribution < 1.29 is 14.9 Å². The summed E-state index contributed by atoms with van der Waals surface area (Å²) in [4.78, 5) is 22.0. The molecule has 1 aliphatic rings. The molecule has 4 atom stereocenters. The molecular weight excluding hydrogens is 252 g/mol. The fourth-order valence-corrected chi connectivity index (χ4v) is 2.35. The third-order valence-corrected chi connectivity index (χ3v) is 3.38. The van der Waals surface area contributed by atoms with Crippen molar-refractivity contribution in [3.8, 4) is 0 Å². The molecule has 3 N–H and O–H groups in total. The van der Waals surface area contributed by atoms with Crippen LogP contribution in [0.5, 0.6) is 0 Å². The van der Waals surface area contributed by atoms with Crippen LogP contribution in [0, 0.1) is 0 Å². The molecule has 0 bridgehead atoms. The van der Waals surface area contributed by atoms with Gasteiger partial charge in [0.1, 0.15) is 12.2 Å². The van der Waals surface area contributed by atoms with Crippen LogP contribution in [0.4, 0.5) is 0 Å². The topological polar surface area (TPSA) is 113 Å². The Hall–Kier alpha value is -1.77. The zero-order valence-corrected chi connectivity index (χ0v) is 10.2. The summed E-state index contributed by atoms with van der Waals surface area (Å²) in [6.07, 6.45) is -0.0599. The first-order chi connectivity index (χ1) is 9.13. The molecule has 1 aliphatic heterocycles. The number of hydrogen-bond acceptors (Lipinski definition) is 6. The Morgan fingerprint density at radius 3 is 2.89 bits per heavy atom. The van der Waals surface area contributed by atoms with Gasteiger partial charge in [0.2, 0.25) is 0 Å². The molecule has 0 aliphatic carbocycles. The number of aliphatic hydroxyl groups excluding tert-OH is 2. The van der Waals surface area contributed by atoms with Crippen molar-refractivity contribution in [1.29, 1.82) is 0 Å². The van der Waals surface area contributed by atoms with Crippen LogP contribution >= 0.6 is 0 Å². The van der Waals surface area contributed by atoms with E-state index in [1.165, 1.54) is 17.2 Å². The van der Waals surface area contributed by atoms with Gasteiger partial charge in [-0.05, 0) is 6.42 Å². The minimum absolute atomic E-state index is 0.174. The minimum atomic E-state index is -1.08. The van der Waals surface area contributed by atoms with Gasteiger partial charge in [-0.1, -0.05) is 6.92 Å². The van der Waals surface area contributed by atoms with Crippen molar-refractivity contribution in [2.24, 2.45) is 0 Å². The molecule has 3 heterocycles. The van der Waals surface area contributed by atoms with Crippen molar-refractivity contribution in [1.82, 2.24) is 19.5 Å². The number of fused-ring (bicyclic) bond motifs is 1. The highest BCUT2D eigenvalue weighted by Gasteiger charge is 2.43. The van der Waals surface area contributed by atoms with Crippen LogP contribution in [0.15, 0.2) is 17.4 Å². The average molecular weight is 266 g/mol. The van der Waals surface area contributed by atoms with Gasteiger partial charge in [0.15, 0.2) is 17.4 Å². The first-order valence-corrected chi connectivity index (χ1v) is 6.05. The number of rotatable bonds is 2. The average Bonchev–Trinajstić information content (AvgIpc) is 2.94. The predicted molar refractivity (Wildman–Crippen MR) is 64.4 cm³/mol. The zero-order valence-electron chi connectivity index (χ0n) is 10.2. The third-order valence-electron chi connectivity index (χ3n) is 3.38. The number of aliphatic hydroxyl groups is 2. The lowest BCUT2D eigenvalue weighted by atomic mass is 10.1. The second kappa shape index (κ2) is 4.41. The highest BCUT2D eigenvalue weighted by Crippen LogP contribution is 2.31. The fraction of sp³-hybridized carbons (Fsp3) is 0.545. The monoisotopic (exact) mass is 266 g/mol. The summed E-state index contributed by atoms with van der Waals surface area (Å²) in [5, 5.41) is 19.9. The standard InChI is InChI=1S/C11H14N4O4/c1-2-5-7(16)8(17)11(19-5)15-4-14-6-9(15)12-3-13-10(6)18/h3-5,7-8,11,16-17H,2H2,1H3,(H,12,13,18)/t5-,7?,8+,11-/m1/s1. The van der Waals surface area contributed by atoms with Gasteiger partial charge in [0, 0.05) is 0 Å². The van der Waals surface area contributed by atoms with E-state index in [0.29, 0.717) is 12.1 Å². The minimum Gasteiger partial charge on any atom is -0.388 e. The van der Waals surface area contributed by atoms with Crippen molar-refractivity contribution in [3.63, 3.8) is 0 Å². The van der Waals surface area contributed by atoms with Gasteiger partial charge in [-0.3, -0.25) is 9.36 Å². The van der Waals surface area contributed by atoms with E-state index < -0.39 is 24.5 Å². The largest absolute Gasteiger partial charge is 0.388 e. The van der Waals surface area contributed by atoms with Crippen LogP contribution in [0.2, 0.25) is 0 Å². The number of ether oxygens (including phenoxy) is 1. The summed E-state index contributed by atoms with van der Waals surface area (Å²) in [7, 11) is 0. The van der Waals surface area contributed by atoms with Gasteiger partial charge >= 0.3 is 0 Å². The number of aromatic nitrogens is 4. The van der Waals surface area contributed by atoms with Gasteiger partial charge in [-0.25, -0.2) is 9.97 Å². The van der Waals surface area contributed by atoms with E-state index in [2.05, 4.69) is 15.0 Å². The summed E-state index contributed by atoms with van der Waals surface area (Å²) in [6, 6.07) is 0. The molecule has 2 aromatic rings. The molecule has 19 heavy (non-hydrogen) atoms. The van der Waals surface area contributed by atoms with Gasteiger partial charge in [-0.2, -0.15) is 0 Å². The molecule has 102 valence electrons. The zero-order chi connectivity index (χ0) is 13.6. The van der Waals surface area contributed by atoms with Crippen LogP contribution in [-0.2, 0) is 4.74 Å². The normalized spacial score (nSPS) is 31.1. The van der Waals surface area contributed by atoms with E-state index >= 15 is 0 Å². The van der Waals surface area contributed by atoms with Gasteiger partial charge < -0.3 is 19.9 Å². The quantitative estimate of drug-likeness (QED) is 0.652. The molecule has 1 unspecified atom stereocenters. The first kappa shape index (κ1) is 12.3. The highest BCUT2D eigenvalue weighted by molar-refractivity contribution is 5.68. The van der Waals surface area contributed by atoms with Crippen LogP contribution in [-0.4, -0.2) is 48.0 Å². The molecule has 1 saturated heterocycles. The summed E-state index contributed by atoms with van der Waals surface area (Å²) in [5.74, 6) is 0. The number of H-pyrrole nitrogens is 1. The lowest BCUT2D eigenvalue weighted by molar-refractivity contribution is -0.0355. The molecule has 0 aromatic carbocycles. The second-order valence-electron chi connectivity index (χ2n) is 4.51. The van der Waals surface area contributed by atoms with Gasteiger partial charge in [0.25, 0.3) is 5.56 Å². The van der Waals surface area contributed by atoms with Crippen LogP contribution in [0.3, 0.4) is 0 Å². The summed E-state index contributed by atoms with van der Waals surface area (Å²) in [5.41, 5.74) is 0.133. The molecule has 2 aromatic heterocycles. The third kappa shape index (κ3) is 1.76. The fourth-order valence-electron chi connectivity index (χ4n) is 2.35. The van der Waals surface area contributed by atoms with Crippen molar-refractivity contribution >= 4 is 11.2 Å². The van der Waals surface area contributed by atoms with E-state index in [4.69, 9.17) is 4.74 Å².